The van der Waals surface area contributed by atoms with Crippen molar-refractivity contribution in [1.29, 1.82) is 0 Å². The van der Waals surface area contributed by atoms with E-state index in [0.29, 0.717) is 0 Å². The topological polar surface area (TPSA) is 31.0 Å². The molecule has 0 saturated heterocycles. The summed E-state index contributed by atoms with van der Waals surface area (Å²) in [5.41, 5.74) is 7.31. The summed E-state index contributed by atoms with van der Waals surface area (Å²) in [6.45, 7) is 0. The van der Waals surface area contributed by atoms with Crippen molar-refractivity contribution >= 4 is 120 Å². The van der Waals surface area contributed by atoms with E-state index < -0.39 is 0 Å². The van der Waals surface area contributed by atoms with Gasteiger partial charge >= 0.3 is 0 Å². The van der Waals surface area contributed by atoms with Crippen molar-refractivity contribution in [2.75, 3.05) is 0 Å². The summed E-state index contributed by atoms with van der Waals surface area (Å²) < 4.78 is 12.9. The number of fused-ring (bicyclic) bond motifs is 12. The molecule has 0 spiro atoms. The Balaban J connectivity index is 1.27. The molecule has 0 saturated carbocycles. The van der Waals surface area contributed by atoms with Crippen molar-refractivity contribution in [3.8, 4) is 16.9 Å². The molecule has 0 aliphatic carbocycles. The summed E-state index contributed by atoms with van der Waals surface area (Å²) in [5, 5.41) is 10.7. The molecule has 5 heteroatoms. The van der Waals surface area contributed by atoms with Gasteiger partial charge < -0.3 is 4.42 Å². The first kappa shape index (κ1) is 26.8. The maximum atomic E-state index is 6.87. The zero-order valence-electron chi connectivity index (χ0n) is 25.4. The van der Waals surface area contributed by atoms with Gasteiger partial charge in [0.2, 0.25) is 0 Å². The molecule has 0 atom stereocenters. The monoisotopic (exact) mass is 742 g/mol. The van der Waals surface area contributed by atoms with Gasteiger partial charge in [-0.25, -0.2) is 4.98 Å². The van der Waals surface area contributed by atoms with Gasteiger partial charge in [-0.2, -0.15) is 0 Å². The van der Waals surface area contributed by atoms with E-state index in [1.807, 2.05) is 11.3 Å². The molecule has 11 rings (SSSR count). The van der Waals surface area contributed by atoms with Crippen molar-refractivity contribution < 1.29 is 4.42 Å². The lowest BCUT2D eigenvalue weighted by Crippen LogP contribution is -2.03. The first-order valence-corrected chi connectivity index (χ1v) is 17.9. The van der Waals surface area contributed by atoms with Gasteiger partial charge in [0.05, 0.1) is 20.1 Å². The third-order valence-electron chi connectivity index (χ3n) is 9.86. The molecule has 0 radical (unpaired) electrons. The fourth-order valence-electron chi connectivity index (χ4n) is 7.73. The van der Waals surface area contributed by atoms with Crippen LogP contribution in [-0.4, -0.2) is 9.55 Å². The van der Waals surface area contributed by atoms with Gasteiger partial charge in [-0.3, -0.25) is 4.57 Å². The van der Waals surface area contributed by atoms with E-state index in [-0.39, 0.29) is 0 Å². The van der Waals surface area contributed by atoms with Crippen LogP contribution in [0.1, 0.15) is 0 Å². The Labute approximate surface area is 291 Å². The average Bonchev–Trinajstić information content (AvgIpc) is 3.80. The predicted octanol–water partition coefficient (Wildman–Crippen LogP) is 13.0. The van der Waals surface area contributed by atoms with Crippen molar-refractivity contribution in [2.24, 2.45) is 0 Å². The molecule has 11 aromatic rings. The lowest BCUT2D eigenvalue weighted by atomic mass is 9.98. The van der Waals surface area contributed by atoms with E-state index in [0.717, 1.165) is 69.8 Å². The highest BCUT2D eigenvalue weighted by Gasteiger charge is 2.24. The number of pyridine rings is 1. The molecule has 0 aliphatic rings. The summed E-state index contributed by atoms with van der Waals surface area (Å²) in [7, 11) is 0. The molecule has 48 heavy (non-hydrogen) atoms. The standard InChI is InChI=1S/C43H23IN2OS/c44-40-39(31-16-9-15-28-29-21-20-24-10-1-2-11-25(24)41(29)47-42(28)31)30-14-3-6-17-34(30)45-43(40)46-35-18-7-4-12-26(35)32-22-33-27-13-5-8-19-37(27)48-38(33)23-36(32)46/h1-23H. The third kappa shape index (κ3) is 3.60. The second-order valence-electron chi connectivity index (χ2n) is 12.4. The van der Waals surface area contributed by atoms with E-state index in [4.69, 9.17) is 9.40 Å². The summed E-state index contributed by atoms with van der Waals surface area (Å²) in [5.74, 6) is 0.925. The minimum absolute atomic E-state index is 0.901. The normalized spacial score (nSPS) is 12.3. The molecule has 0 fully saturated rings. The third-order valence-corrected chi connectivity index (χ3v) is 12.0. The number of rotatable bonds is 2. The highest BCUT2D eigenvalue weighted by Crippen LogP contribution is 2.45. The van der Waals surface area contributed by atoms with E-state index >= 15 is 0 Å². The largest absolute Gasteiger partial charge is 0.455 e. The number of furan rings is 1. The van der Waals surface area contributed by atoms with E-state index in [1.54, 1.807) is 0 Å². The minimum Gasteiger partial charge on any atom is -0.455 e. The van der Waals surface area contributed by atoms with Crippen LogP contribution in [0.25, 0.3) is 103 Å². The zero-order valence-corrected chi connectivity index (χ0v) is 28.3. The van der Waals surface area contributed by atoms with Crippen LogP contribution in [0.4, 0.5) is 0 Å². The number of benzene rings is 7. The Morgan fingerprint density at radius 2 is 1.25 bits per heavy atom. The summed E-state index contributed by atoms with van der Waals surface area (Å²) in [4.78, 5) is 5.42. The Morgan fingerprint density at radius 3 is 2.17 bits per heavy atom. The summed E-state index contributed by atoms with van der Waals surface area (Å²) >= 11 is 4.38. The van der Waals surface area contributed by atoms with Crippen molar-refractivity contribution in [1.82, 2.24) is 9.55 Å². The smallest absolute Gasteiger partial charge is 0.152 e. The molecular weight excluding hydrogens is 719 g/mol. The number of halogens is 1. The maximum absolute atomic E-state index is 6.87. The fourth-order valence-corrected chi connectivity index (χ4v) is 9.79. The van der Waals surface area contributed by atoms with Crippen LogP contribution in [0.3, 0.4) is 0 Å². The number of aromatic nitrogens is 2. The van der Waals surface area contributed by atoms with Crippen molar-refractivity contribution in [2.45, 2.75) is 0 Å². The van der Waals surface area contributed by atoms with Gasteiger partial charge in [0, 0.05) is 63.6 Å². The van der Waals surface area contributed by atoms with Crippen LogP contribution in [-0.2, 0) is 0 Å². The fraction of sp³-hybridized carbons (Fsp3) is 0. The maximum Gasteiger partial charge on any atom is 0.152 e. The average molecular weight is 743 g/mol. The van der Waals surface area contributed by atoms with Gasteiger partial charge in [-0.1, -0.05) is 103 Å². The van der Waals surface area contributed by atoms with Gasteiger partial charge in [0.1, 0.15) is 11.2 Å². The zero-order chi connectivity index (χ0) is 31.5. The van der Waals surface area contributed by atoms with Crippen LogP contribution in [0.15, 0.2) is 144 Å². The minimum atomic E-state index is 0.901. The molecule has 224 valence electrons. The second-order valence-corrected chi connectivity index (χ2v) is 14.6. The molecule has 0 amide bonds. The molecule has 0 bridgehead atoms. The Kier molecular flexibility index (Phi) is 5.52. The number of para-hydroxylation sites is 3. The quantitative estimate of drug-likeness (QED) is 0.165. The first-order chi connectivity index (χ1) is 23.7. The Bertz CT molecular complexity index is 3150. The van der Waals surface area contributed by atoms with Crippen LogP contribution in [0, 0.1) is 3.57 Å². The Morgan fingerprint density at radius 1 is 0.521 bits per heavy atom. The molecule has 4 heterocycles. The van der Waals surface area contributed by atoms with Crippen LogP contribution >= 0.6 is 33.9 Å². The number of thiophene rings is 1. The molecule has 0 unspecified atom stereocenters. The van der Waals surface area contributed by atoms with Gasteiger partial charge in [-0.15, -0.1) is 11.3 Å². The molecule has 0 N–H and O–H groups in total. The number of hydrogen-bond donors (Lipinski definition) is 0. The number of hydrogen-bond acceptors (Lipinski definition) is 3. The van der Waals surface area contributed by atoms with Gasteiger partial charge in [0.25, 0.3) is 0 Å². The van der Waals surface area contributed by atoms with Gasteiger partial charge in [-0.05, 0) is 64.4 Å². The van der Waals surface area contributed by atoms with Crippen molar-refractivity contribution in [3.63, 3.8) is 0 Å². The molecule has 0 aliphatic heterocycles. The van der Waals surface area contributed by atoms with E-state index in [2.05, 4.69) is 167 Å². The van der Waals surface area contributed by atoms with Crippen LogP contribution in [0.2, 0.25) is 0 Å². The first-order valence-electron chi connectivity index (χ1n) is 16.0. The highest BCUT2D eigenvalue weighted by atomic mass is 127. The second kappa shape index (κ2) is 9.89. The lowest BCUT2D eigenvalue weighted by molar-refractivity contribution is 0.674. The molecule has 4 aromatic heterocycles. The van der Waals surface area contributed by atoms with Crippen molar-refractivity contribution in [3.05, 3.63) is 143 Å². The molecule has 3 nitrogen and oxygen atoms in total. The molecule has 7 aromatic carbocycles. The van der Waals surface area contributed by atoms with E-state index in [1.165, 1.54) is 36.3 Å². The SMILES string of the molecule is Ic1c(-n2c3ccccc3c3cc4c(cc32)sc2ccccc24)nc2ccccc2c1-c1cccc2c1oc1c3ccccc3ccc21. The lowest BCUT2D eigenvalue weighted by Gasteiger charge is -2.16. The van der Waals surface area contributed by atoms with Crippen LogP contribution < -0.4 is 0 Å². The Hall–Kier alpha value is -5.24. The van der Waals surface area contributed by atoms with Crippen LogP contribution in [0.5, 0.6) is 0 Å². The summed E-state index contributed by atoms with van der Waals surface area (Å²) in [6.07, 6.45) is 0. The summed E-state index contributed by atoms with van der Waals surface area (Å²) in [6, 6.07) is 50.1. The van der Waals surface area contributed by atoms with E-state index in [9.17, 15) is 0 Å². The highest BCUT2D eigenvalue weighted by molar-refractivity contribution is 14.1. The molecular formula is C43H23IN2OS. The van der Waals surface area contributed by atoms with Gasteiger partial charge in [0.15, 0.2) is 5.82 Å². The predicted molar refractivity (Wildman–Crippen MR) is 212 cm³/mol. The number of nitrogens with zero attached hydrogens (tertiary/aromatic N) is 2.